The molecule has 0 fully saturated rings. The van der Waals surface area contributed by atoms with Crippen molar-refractivity contribution in [3.05, 3.63) is 18.2 Å². The molecule has 0 aliphatic carbocycles. The van der Waals surface area contributed by atoms with Crippen LogP contribution in [0.25, 0.3) is 0 Å². The highest BCUT2D eigenvalue weighted by Crippen LogP contribution is 2.24. The normalized spacial score (nSPS) is 11.1. The molecule has 1 aromatic rings. The third-order valence-electron chi connectivity index (χ3n) is 2.36. The average Bonchev–Trinajstić information content (AvgIpc) is 2.38. The molecule has 0 saturated carbocycles. The zero-order valence-electron chi connectivity index (χ0n) is 10.7. The topological polar surface area (TPSA) is 108 Å². The van der Waals surface area contributed by atoms with Crippen molar-refractivity contribution in [3.8, 4) is 5.75 Å². The molecule has 106 valence electrons. The molecule has 0 atom stereocenters. The number of nitrogens with one attached hydrogen (secondary N) is 1. The number of carbonyl (C=O) groups is 1. The second kappa shape index (κ2) is 6.39. The number of hydrogen-bond donors (Lipinski definition) is 2. The number of esters is 1. The van der Waals surface area contributed by atoms with Gasteiger partial charge in [-0.15, -0.1) is 0 Å². The molecule has 0 radical (unpaired) electrons. The van der Waals surface area contributed by atoms with Crippen LogP contribution >= 0.6 is 0 Å². The largest absolute Gasteiger partial charge is 0.495 e. The van der Waals surface area contributed by atoms with Crippen molar-refractivity contribution >= 4 is 21.7 Å². The van der Waals surface area contributed by atoms with Crippen molar-refractivity contribution in [1.82, 2.24) is 4.72 Å². The molecular weight excluding hydrogens is 272 g/mol. The van der Waals surface area contributed by atoms with E-state index in [0.717, 1.165) is 0 Å². The van der Waals surface area contributed by atoms with E-state index in [1.807, 2.05) is 0 Å². The summed E-state index contributed by atoms with van der Waals surface area (Å²) in [6, 6.07) is 4.11. The van der Waals surface area contributed by atoms with Crippen LogP contribution in [-0.2, 0) is 19.6 Å². The van der Waals surface area contributed by atoms with Crippen molar-refractivity contribution in [3.63, 3.8) is 0 Å². The van der Waals surface area contributed by atoms with E-state index in [1.165, 1.54) is 32.4 Å². The molecule has 8 heteroatoms. The number of methoxy groups -OCH3 is 2. The summed E-state index contributed by atoms with van der Waals surface area (Å²) in [4.78, 5) is 10.9. The summed E-state index contributed by atoms with van der Waals surface area (Å²) >= 11 is 0. The van der Waals surface area contributed by atoms with Crippen LogP contribution in [0.1, 0.15) is 6.42 Å². The first-order valence-corrected chi connectivity index (χ1v) is 6.89. The van der Waals surface area contributed by atoms with E-state index in [4.69, 9.17) is 10.5 Å². The Morgan fingerprint density at radius 3 is 2.63 bits per heavy atom. The van der Waals surface area contributed by atoms with E-state index in [1.54, 1.807) is 0 Å². The van der Waals surface area contributed by atoms with Gasteiger partial charge in [-0.25, -0.2) is 13.1 Å². The second-order valence-electron chi connectivity index (χ2n) is 3.63. The summed E-state index contributed by atoms with van der Waals surface area (Å²) in [6.45, 7) is -0.0400. The van der Waals surface area contributed by atoms with Gasteiger partial charge in [-0.2, -0.15) is 0 Å². The molecule has 1 rings (SSSR count). The van der Waals surface area contributed by atoms with Crippen LogP contribution in [0.2, 0.25) is 0 Å². The van der Waals surface area contributed by atoms with Crippen molar-refractivity contribution in [2.75, 3.05) is 26.5 Å². The van der Waals surface area contributed by atoms with Gasteiger partial charge in [0.15, 0.2) is 0 Å². The first-order chi connectivity index (χ1) is 8.90. The Morgan fingerprint density at radius 2 is 2.05 bits per heavy atom. The molecule has 0 spiro atoms. The SMILES string of the molecule is COC(=O)CCNS(=O)(=O)c1ccc(N)c(OC)c1. The van der Waals surface area contributed by atoms with Crippen molar-refractivity contribution in [1.29, 1.82) is 0 Å². The Hall–Kier alpha value is -1.80. The summed E-state index contributed by atoms with van der Waals surface area (Å²) < 4.78 is 35.5. The zero-order chi connectivity index (χ0) is 14.5. The van der Waals surface area contributed by atoms with Crippen LogP contribution in [0.3, 0.4) is 0 Å². The molecular formula is C11H16N2O5S. The average molecular weight is 288 g/mol. The molecule has 3 N–H and O–H groups in total. The maximum atomic E-state index is 11.9. The molecule has 7 nitrogen and oxygen atoms in total. The number of ether oxygens (including phenoxy) is 2. The lowest BCUT2D eigenvalue weighted by molar-refractivity contribution is -0.140. The Labute approximate surface area is 111 Å². The molecule has 0 aliphatic rings. The lowest BCUT2D eigenvalue weighted by Gasteiger charge is -2.09. The highest BCUT2D eigenvalue weighted by molar-refractivity contribution is 7.89. The number of rotatable bonds is 6. The van der Waals surface area contributed by atoms with Gasteiger partial charge in [0.25, 0.3) is 0 Å². The lowest BCUT2D eigenvalue weighted by Crippen LogP contribution is -2.26. The van der Waals surface area contributed by atoms with E-state index >= 15 is 0 Å². The number of hydrogen-bond acceptors (Lipinski definition) is 6. The van der Waals surface area contributed by atoms with E-state index in [-0.39, 0.29) is 23.6 Å². The Morgan fingerprint density at radius 1 is 1.37 bits per heavy atom. The molecule has 0 heterocycles. The fourth-order valence-electron chi connectivity index (χ4n) is 1.33. The van der Waals surface area contributed by atoms with Crippen LogP contribution < -0.4 is 15.2 Å². The third-order valence-corrected chi connectivity index (χ3v) is 3.82. The van der Waals surface area contributed by atoms with Crippen molar-refractivity contribution < 1.29 is 22.7 Å². The fraction of sp³-hybridized carbons (Fsp3) is 0.364. The summed E-state index contributed by atoms with van der Waals surface area (Å²) in [7, 11) is -1.07. The summed E-state index contributed by atoms with van der Waals surface area (Å²) in [5, 5.41) is 0. The van der Waals surface area contributed by atoms with Crippen LogP contribution in [-0.4, -0.2) is 35.2 Å². The van der Waals surface area contributed by atoms with Gasteiger partial charge in [-0.05, 0) is 12.1 Å². The fourth-order valence-corrected chi connectivity index (χ4v) is 2.38. The van der Waals surface area contributed by atoms with Gasteiger partial charge in [-0.3, -0.25) is 4.79 Å². The number of benzene rings is 1. The highest BCUT2D eigenvalue weighted by Gasteiger charge is 2.16. The molecule has 0 unspecified atom stereocenters. The van der Waals surface area contributed by atoms with Gasteiger partial charge in [0.1, 0.15) is 5.75 Å². The molecule has 0 saturated heterocycles. The van der Waals surface area contributed by atoms with Gasteiger partial charge >= 0.3 is 5.97 Å². The van der Waals surface area contributed by atoms with Gasteiger partial charge in [0.05, 0.1) is 31.2 Å². The molecule has 0 aromatic heterocycles. The van der Waals surface area contributed by atoms with Crippen LogP contribution in [0.15, 0.2) is 23.1 Å². The minimum absolute atomic E-state index is 0.0171. The summed E-state index contributed by atoms with van der Waals surface area (Å²) in [5.74, 6) is -0.214. The quantitative estimate of drug-likeness (QED) is 0.568. The summed E-state index contributed by atoms with van der Waals surface area (Å²) in [6.07, 6.45) is -0.0398. The number of carbonyl (C=O) groups excluding carboxylic acids is 1. The summed E-state index contributed by atoms with van der Waals surface area (Å²) in [5.41, 5.74) is 5.94. The van der Waals surface area contributed by atoms with Crippen LogP contribution in [0.4, 0.5) is 5.69 Å². The first kappa shape index (κ1) is 15.3. The van der Waals surface area contributed by atoms with Gasteiger partial charge in [0.2, 0.25) is 10.0 Å². The zero-order valence-corrected chi connectivity index (χ0v) is 11.5. The Bertz CT molecular complexity index is 556. The second-order valence-corrected chi connectivity index (χ2v) is 5.39. The van der Waals surface area contributed by atoms with Crippen molar-refractivity contribution in [2.24, 2.45) is 0 Å². The van der Waals surface area contributed by atoms with Crippen LogP contribution in [0, 0.1) is 0 Å². The molecule has 0 amide bonds. The minimum atomic E-state index is -3.71. The van der Waals surface area contributed by atoms with Gasteiger partial charge in [-0.1, -0.05) is 0 Å². The molecule has 1 aromatic carbocycles. The number of nitrogen functional groups attached to an aromatic ring is 1. The maximum Gasteiger partial charge on any atom is 0.306 e. The predicted molar refractivity (Wildman–Crippen MR) is 69.2 cm³/mol. The number of anilines is 1. The molecule has 19 heavy (non-hydrogen) atoms. The van der Waals surface area contributed by atoms with E-state index in [9.17, 15) is 13.2 Å². The Kier molecular flexibility index (Phi) is 5.13. The van der Waals surface area contributed by atoms with E-state index < -0.39 is 16.0 Å². The van der Waals surface area contributed by atoms with Gasteiger partial charge in [0, 0.05) is 12.6 Å². The van der Waals surface area contributed by atoms with Gasteiger partial charge < -0.3 is 15.2 Å². The number of nitrogens with two attached hydrogens (primary N) is 1. The minimum Gasteiger partial charge on any atom is -0.495 e. The molecule has 0 bridgehead atoms. The monoisotopic (exact) mass is 288 g/mol. The third kappa shape index (κ3) is 4.11. The Balaban J connectivity index is 2.80. The maximum absolute atomic E-state index is 11.9. The molecule has 0 aliphatic heterocycles. The van der Waals surface area contributed by atoms with Crippen molar-refractivity contribution in [2.45, 2.75) is 11.3 Å². The van der Waals surface area contributed by atoms with E-state index in [2.05, 4.69) is 9.46 Å². The standard InChI is InChI=1S/C11H16N2O5S/c1-17-10-7-8(3-4-9(10)12)19(15,16)13-6-5-11(14)18-2/h3-4,7,13H,5-6,12H2,1-2H3. The van der Waals surface area contributed by atoms with Crippen LogP contribution in [0.5, 0.6) is 5.75 Å². The smallest absolute Gasteiger partial charge is 0.306 e. The highest BCUT2D eigenvalue weighted by atomic mass is 32.2. The number of sulfonamides is 1. The van der Waals surface area contributed by atoms with E-state index in [0.29, 0.717) is 5.69 Å². The first-order valence-electron chi connectivity index (χ1n) is 5.40. The lowest BCUT2D eigenvalue weighted by atomic mass is 10.3. The predicted octanol–water partition coefficient (Wildman–Crippen LogP) is 0.119.